The zero-order valence-corrected chi connectivity index (χ0v) is 16.4. The molecule has 2 atom stereocenters. The van der Waals surface area contributed by atoms with Gasteiger partial charge in [-0.2, -0.15) is 0 Å². The highest BCUT2D eigenvalue weighted by atomic mass is 35.5. The Labute approximate surface area is 169 Å². The highest BCUT2D eigenvalue weighted by Crippen LogP contribution is 2.31. The third kappa shape index (κ3) is 4.59. The van der Waals surface area contributed by atoms with Gasteiger partial charge in [-0.05, 0) is 61.6 Å². The number of anilines is 1. The molecular formula is C22H24ClNO4. The smallest absolute Gasteiger partial charge is 0.231 e. The number of halogens is 1. The summed E-state index contributed by atoms with van der Waals surface area (Å²) >= 11 is 6.07. The van der Waals surface area contributed by atoms with Crippen LogP contribution in [0.25, 0.3) is 0 Å². The summed E-state index contributed by atoms with van der Waals surface area (Å²) < 4.78 is 17.4. The van der Waals surface area contributed by atoms with Crippen LogP contribution < -0.4 is 14.8 Å². The Kier molecular flexibility index (Phi) is 6.03. The second-order valence-electron chi connectivity index (χ2n) is 7.25. The Balaban J connectivity index is 1.39. The zero-order valence-electron chi connectivity index (χ0n) is 15.7. The maximum Gasteiger partial charge on any atom is 0.231 e. The van der Waals surface area contributed by atoms with Crippen LogP contribution in [-0.4, -0.2) is 31.8 Å². The standard InChI is InChI=1S/C22H24ClNO4/c23-17-8-9-20-15(12-17)11-16(13-27-20)22(25)24-19-6-1-2-7-21(19)28-14-18-5-3-4-10-26-18/h1-2,6-9,12,16,18H,3-5,10-11,13-14H2,(H,24,25). The first-order valence-electron chi connectivity index (χ1n) is 9.74. The molecule has 2 aliphatic heterocycles. The number of hydrogen-bond acceptors (Lipinski definition) is 4. The topological polar surface area (TPSA) is 56.8 Å². The summed E-state index contributed by atoms with van der Waals surface area (Å²) in [7, 11) is 0. The van der Waals surface area contributed by atoms with E-state index in [1.54, 1.807) is 6.07 Å². The van der Waals surface area contributed by atoms with Gasteiger partial charge in [-0.15, -0.1) is 0 Å². The van der Waals surface area contributed by atoms with Crippen LogP contribution in [0.5, 0.6) is 11.5 Å². The monoisotopic (exact) mass is 401 g/mol. The van der Waals surface area contributed by atoms with Crippen molar-refractivity contribution in [3.8, 4) is 11.5 Å². The van der Waals surface area contributed by atoms with Crippen LogP contribution in [0.3, 0.4) is 0 Å². The highest BCUT2D eigenvalue weighted by molar-refractivity contribution is 6.30. The largest absolute Gasteiger partial charge is 0.492 e. The van der Waals surface area contributed by atoms with E-state index in [2.05, 4.69) is 5.32 Å². The number of nitrogens with one attached hydrogen (secondary N) is 1. The Hall–Kier alpha value is -2.24. The fourth-order valence-electron chi connectivity index (χ4n) is 3.58. The first kappa shape index (κ1) is 19.1. The minimum absolute atomic E-state index is 0.0874. The molecule has 1 amide bonds. The highest BCUT2D eigenvalue weighted by Gasteiger charge is 2.27. The van der Waals surface area contributed by atoms with Crippen molar-refractivity contribution in [1.29, 1.82) is 0 Å². The summed E-state index contributed by atoms with van der Waals surface area (Å²) in [5.41, 5.74) is 1.62. The molecular weight excluding hydrogens is 378 g/mol. The molecule has 6 heteroatoms. The van der Waals surface area contributed by atoms with Crippen LogP contribution in [0, 0.1) is 5.92 Å². The summed E-state index contributed by atoms with van der Waals surface area (Å²) in [6, 6.07) is 13.0. The van der Waals surface area contributed by atoms with Crippen molar-refractivity contribution in [3.05, 3.63) is 53.1 Å². The van der Waals surface area contributed by atoms with Gasteiger partial charge in [0.05, 0.1) is 17.7 Å². The number of carbonyl (C=O) groups is 1. The molecule has 0 spiro atoms. The normalized spacial score (nSPS) is 21.3. The zero-order chi connectivity index (χ0) is 19.3. The molecule has 5 nitrogen and oxygen atoms in total. The van der Waals surface area contributed by atoms with Gasteiger partial charge in [0.25, 0.3) is 0 Å². The predicted molar refractivity (Wildman–Crippen MR) is 108 cm³/mol. The Morgan fingerprint density at radius 1 is 1.21 bits per heavy atom. The van der Waals surface area contributed by atoms with Crippen molar-refractivity contribution in [2.75, 3.05) is 25.1 Å². The molecule has 0 bridgehead atoms. The van der Waals surface area contributed by atoms with Gasteiger partial charge in [-0.3, -0.25) is 4.79 Å². The lowest BCUT2D eigenvalue weighted by Crippen LogP contribution is -2.32. The van der Waals surface area contributed by atoms with Crippen molar-refractivity contribution in [2.24, 2.45) is 5.92 Å². The van der Waals surface area contributed by atoms with Crippen LogP contribution >= 0.6 is 11.6 Å². The number of benzene rings is 2. The number of para-hydroxylation sites is 2. The maximum atomic E-state index is 12.8. The number of rotatable bonds is 5. The average Bonchev–Trinajstić information content (AvgIpc) is 2.73. The van der Waals surface area contributed by atoms with E-state index in [9.17, 15) is 4.79 Å². The van der Waals surface area contributed by atoms with Crippen molar-refractivity contribution in [3.63, 3.8) is 0 Å². The lowest BCUT2D eigenvalue weighted by Gasteiger charge is -2.25. The molecule has 2 aromatic rings. The number of ether oxygens (including phenoxy) is 3. The van der Waals surface area contributed by atoms with Crippen LogP contribution in [0.4, 0.5) is 5.69 Å². The van der Waals surface area contributed by atoms with E-state index in [-0.39, 0.29) is 17.9 Å². The first-order valence-corrected chi connectivity index (χ1v) is 10.1. The predicted octanol–water partition coefficient (Wildman–Crippen LogP) is 4.48. The molecule has 2 heterocycles. The van der Waals surface area contributed by atoms with Crippen molar-refractivity contribution in [1.82, 2.24) is 0 Å². The van der Waals surface area contributed by atoms with Gasteiger partial charge in [0.2, 0.25) is 5.91 Å². The third-order valence-electron chi connectivity index (χ3n) is 5.14. The van der Waals surface area contributed by atoms with Crippen LogP contribution in [0.1, 0.15) is 24.8 Å². The molecule has 0 aromatic heterocycles. The fraction of sp³-hybridized carbons (Fsp3) is 0.409. The van der Waals surface area contributed by atoms with Gasteiger partial charge in [0, 0.05) is 11.6 Å². The van der Waals surface area contributed by atoms with Gasteiger partial charge >= 0.3 is 0 Å². The third-order valence-corrected chi connectivity index (χ3v) is 5.38. The lowest BCUT2D eigenvalue weighted by atomic mass is 9.96. The molecule has 2 unspecified atom stereocenters. The molecule has 1 fully saturated rings. The van der Waals surface area contributed by atoms with Gasteiger partial charge in [0.15, 0.2) is 0 Å². The Morgan fingerprint density at radius 3 is 2.96 bits per heavy atom. The fourth-order valence-corrected chi connectivity index (χ4v) is 3.78. The molecule has 2 aromatic carbocycles. The minimum Gasteiger partial charge on any atom is -0.492 e. The van der Waals surface area contributed by atoms with Gasteiger partial charge in [-0.25, -0.2) is 0 Å². The molecule has 4 rings (SSSR count). The van der Waals surface area contributed by atoms with E-state index in [4.69, 9.17) is 25.8 Å². The molecule has 0 saturated carbocycles. The number of carbonyl (C=O) groups excluding carboxylic acids is 1. The summed E-state index contributed by atoms with van der Waals surface area (Å²) in [5.74, 6) is 1.09. The summed E-state index contributed by atoms with van der Waals surface area (Å²) in [5, 5.41) is 3.64. The van der Waals surface area contributed by atoms with E-state index in [0.29, 0.717) is 36.1 Å². The Morgan fingerprint density at radius 2 is 2.11 bits per heavy atom. The molecule has 0 aliphatic carbocycles. The van der Waals surface area contributed by atoms with E-state index < -0.39 is 0 Å². The molecule has 2 aliphatic rings. The maximum absolute atomic E-state index is 12.8. The van der Waals surface area contributed by atoms with Crippen molar-refractivity contribution in [2.45, 2.75) is 31.8 Å². The van der Waals surface area contributed by atoms with Crippen LogP contribution in [0.15, 0.2) is 42.5 Å². The van der Waals surface area contributed by atoms with Gasteiger partial charge in [-0.1, -0.05) is 23.7 Å². The van der Waals surface area contributed by atoms with Crippen molar-refractivity contribution >= 4 is 23.2 Å². The van der Waals surface area contributed by atoms with E-state index in [1.165, 1.54) is 6.42 Å². The summed E-state index contributed by atoms with van der Waals surface area (Å²) in [6.45, 7) is 1.63. The van der Waals surface area contributed by atoms with Gasteiger partial charge in [0.1, 0.15) is 24.7 Å². The Bertz CT molecular complexity index is 835. The van der Waals surface area contributed by atoms with Gasteiger partial charge < -0.3 is 19.5 Å². The quantitative estimate of drug-likeness (QED) is 0.802. The van der Waals surface area contributed by atoms with E-state index in [0.717, 1.165) is 30.8 Å². The summed E-state index contributed by atoms with van der Waals surface area (Å²) in [6.07, 6.45) is 4.00. The molecule has 1 N–H and O–H groups in total. The van der Waals surface area contributed by atoms with E-state index >= 15 is 0 Å². The van der Waals surface area contributed by atoms with E-state index in [1.807, 2.05) is 36.4 Å². The molecule has 0 radical (unpaired) electrons. The van der Waals surface area contributed by atoms with Crippen LogP contribution in [-0.2, 0) is 16.0 Å². The minimum atomic E-state index is -0.277. The van der Waals surface area contributed by atoms with Crippen molar-refractivity contribution < 1.29 is 19.0 Å². The number of hydrogen-bond donors (Lipinski definition) is 1. The second-order valence-corrected chi connectivity index (χ2v) is 7.69. The number of fused-ring (bicyclic) bond motifs is 1. The lowest BCUT2D eigenvalue weighted by molar-refractivity contribution is -0.121. The molecule has 1 saturated heterocycles. The average molecular weight is 402 g/mol. The second kappa shape index (κ2) is 8.84. The first-order chi connectivity index (χ1) is 13.7. The number of amides is 1. The summed E-state index contributed by atoms with van der Waals surface area (Å²) in [4.78, 5) is 12.8. The van der Waals surface area contributed by atoms with Crippen LogP contribution in [0.2, 0.25) is 5.02 Å². The molecule has 148 valence electrons. The SMILES string of the molecule is O=C(Nc1ccccc1OCC1CCCCO1)C1COc2ccc(Cl)cc2C1. The molecule has 28 heavy (non-hydrogen) atoms.